The van der Waals surface area contributed by atoms with Crippen molar-refractivity contribution in [1.29, 1.82) is 5.41 Å². The summed E-state index contributed by atoms with van der Waals surface area (Å²) < 4.78 is 5.58. The summed E-state index contributed by atoms with van der Waals surface area (Å²) in [5, 5.41) is 11.6. The lowest BCUT2D eigenvalue weighted by Crippen LogP contribution is -2.13. The molecule has 0 aliphatic heterocycles. The number of hydrogen-bond acceptors (Lipinski definition) is 6. The largest absolute Gasteiger partial charge is 0.480 e. The number of rotatable bonds is 8. The molecule has 0 fully saturated rings. The van der Waals surface area contributed by atoms with Gasteiger partial charge in [0.15, 0.2) is 5.82 Å². The minimum atomic E-state index is 0.300. The molecular formula is C26H35N5O. The first kappa shape index (κ1) is 25.0. The number of pyridine rings is 1. The van der Waals surface area contributed by atoms with Gasteiger partial charge in [0.2, 0.25) is 5.88 Å². The standard InChI is InChI=1S/C24H29N5O.C2H6/c1-6-19-22(18-12-13-20(15(2)3)28-24(18)30-5)29-21(16(4)25)23(27-19)26-14-17-10-8-7-9-11-17;1-2/h7-13,15,25H,6,14H2,1-5H3,(H,26,27);1-2H3. The fraction of sp³-hybridized carbons (Fsp3) is 0.385. The van der Waals surface area contributed by atoms with E-state index in [1.807, 2.05) is 51.1 Å². The third-order valence-electron chi connectivity index (χ3n) is 4.88. The molecular weight excluding hydrogens is 398 g/mol. The Morgan fingerprint density at radius 3 is 2.28 bits per heavy atom. The van der Waals surface area contributed by atoms with Crippen molar-refractivity contribution in [3.8, 4) is 17.1 Å². The van der Waals surface area contributed by atoms with Crippen molar-refractivity contribution in [2.45, 2.75) is 60.4 Å². The average Bonchev–Trinajstić information content (AvgIpc) is 2.83. The van der Waals surface area contributed by atoms with E-state index < -0.39 is 0 Å². The highest BCUT2D eigenvalue weighted by atomic mass is 16.5. The molecule has 6 nitrogen and oxygen atoms in total. The molecule has 2 heterocycles. The van der Waals surface area contributed by atoms with Gasteiger partial charge in [-0.2, -0.15) is 0 Å². The van der Waals surface area contributed by atoms with E-state index in [-0.39, 0.29) is 0 Å². The third kappa shape index (κ3) is 5.90. The highest BCUT2D eigenvalue weighted by Gasteiger charge is 2.20. The quantitative estimate of drug-likeness (QED) is 0.410. The maximum atomic E-state index is 8.25. The highest BCUT2D eigenvalue weighted by Crippen LogP contribution is 2.32. The first-order chi connectivity index (χ1) is 15.4. The van der Waals surface area contributed by atoms with Crippen LogP contribution in [0, 0.1) is 5.41 Å². The van der Waals surface area contributed by atoms with Crippen molar-refractivity contribution >= 4 is 11.5 Å². The first-order valence-electron chi connectivity index (χ1n) is 11.2. The number of ether oxygens (including phenoxy) is 1. The Balaban J connectivity index is 0.00000176. The van der Waals surface area contributed by atoms with Crippen molar-refractivity contribution in [2.24, 2.45) is 0 Å². The van der Waals surface area contributed by atoms with E-state index in [4.69, 9.17) is 20.1 Å². The third-order valence-corrected chi connectivity index (χ3v) is 4.88. The Kier molecular flexibility index (Phi) is 9.32. The second-order valence-corrected chi connectivity index (χ2v) is 7.48. The monoisotopic (exact) mass is 433 g/mol. The predicted octanol–water partition coefficient (Wildman–Crippen LogP) is 6.26. The van der Waals surface area contributed by atoms with E-state index in [2.05, 4.69) is 36.3 Å². The van der Waals surface area contributed by atoms with Gasteiger partial charge >= 0.3 is 0 Å². The fourth-order valence-corrected chi connectivity index (χ4v) is 3.21. The Bertz CT molecular complexity index is 1030. The first-order valence-corrected chi connectivity index (χ1v) is 11.2. The lowest BCUT2D eigenvalue weighted by molar-refractivity contribution is 0.397. The second-order valence-electron chi connectivity index (χ2n) is 7.48. The van der Waals surface area contributed by atoms with Crippen LogP contribution in [-0.4, -0.2) is 27.8 Å². The Morgan fingerprint density at radius 2 is 1.72 bits per heavy atom. The Labute approximate surface area is 192 Å². The van der Waals surface area contributed by atoms with E-state index >= 15 is 0 Å². The summed E-state index contributed by atoms with van der Waals surface area (Å²) in [4.78, 5) is 14.3. The molecule has 0 unspecified atom stereocenters. The number of aryl methyl sites for hydroxylation is 1. The van der Waals surface area contributed by atoms with Crippen LogP contribution < -0.4 is 10.1 Å². The summed E-state index contributed by atoms with van der Waals surface area (Å²) in [6.45, 7) is 12.6. The van der Waals surface area contributed by atoms with E-state index in [1.165, 1.54) is 0 Å². The van der Waals surface area contributed by atoms with E-state index in [0.717, 1.165) is 22.5 Å². The number of anilines is 1. The topological polar surface area (TPSA) is 83.8 Å². The van der Waals surface area contributed by atoms with E-state index in [9.17, 15) is 0 Å². The van der Waals surface area contributed by atoms with Crippen LogP contribution in [-0.2, 0) is 13.0 Å². The van der Waals surface area contributed by atoms with Crippen molar-refractivity contribution in [3.63, 3.8) is 0 Å². The number of nitrogens with zero attached hydrogens (tertiary/aromatic N) is 3. The number of benzene rings is 1. The molecule has 0 atom stereocenters. The number of nitrogens with one attached hydrogen (secondary N) is 2. The molecule has 1 aromatic carbocycles. The van der Waals surface area contributed by atoms with Crippen LogP contribution in [0.4, 0.5) is 5.82 Å². The molecule has 0 saturated heterocycles. The molecule has 0 radical (unpaired) electrons. The zero-order valence-corrected chi connectivity index (χ0v) is 20.3. The highest BCUT2D eigenvalue weighted by molar-refractivity contribution is 5.99. The minimum Gasteiger partial charge on any atom is -0.480 e. The Morgan fingerprint density at radius 1 is 1.03 bits per heavy atom. The molecule has 6 heteroatoms. The van der Waals surface area contributed by atoms with Crippen LogP contribution in [0.2, 0.25) is 0 Å². The zero-order chi connectivity index (χ0) is 23.7. The van der Waals surface area contributed by atoms with Gasteiger partial charge in [-0.25, -0.2) is 15.0 Å². The molecule has 0 aliphatic rings. The predicted molar refractivity (Wildman–Crippen MR) is 133 cm³/mol. The molecule has 3 aromatic rings. The van der Waals surface area contributed by atoms with Gasteiger partial charge in [0.25, 0.3) is 0 Å². The average molecular weight is 434 g/mol. The second kappa shape index (κ2) is 11.9. The van der Waals surface area contributed by atoms with Crippen molar-refractivity contribution in [2.75, 3.05) is 12.4 Å². The van der Waals surface area contributed by atoms with Crippen molar-refractivity contribution in [3.05, 3.63) is 65.1 Å². The van der Waals surface area contributed by atoms with Gasteiger partial charge in [0, 0.05) is 12.2 Å². The summed E-state index contributed by atoms with van der Waals surface area (Å²) in [6, 6.07) is 14.1. The van der Waals surface area contributed by atoms with Crippen LogP contribution in [0.25, 0.3) is 11.3 Å². The van der Waals surface area contributed by atoms with Crippen molar-refractivity contribution in [1.82, 2.24) is 15.0 Å². The van der Waals surface area contributed by atoms with Gasteiger partial charge < -0.3 is 15.5 Å². The van der Waals surface area contributed by atoms with Crippen LogP contribution in [0.1, 0.15) is 70.1 Å². The number of methoxy groups -OCH3 is 1. The summed E-state index contributed by atoms with van der Waals surface area (Å²) >= 11 is 0. The molecule has 2 aromatic heterocycles. The SMILES string of the molecule is CC.CCc1nc(NCc2ccccc2)c(C(C)=N)nc1-c1ccc(C(C)C)nc1OC. The molecule has 0 bridgehead atoms. The van der Waals surface area contributed by atoms with Gasteiger partial charge in [0.05, 0.1) is 29.8 Å². The van der Waals surface area contributed by atoms with Gasteiger partial charge in [-0.3, -0.25) is 0 Å². The molecule has 32 heavy (non-hydrogen) atoms. The zero-order valence-electron chi connectivity index (χ0n) is 20.3. The van der Waals surface area contributed by atoms with Gasteiger partial charge in [-0.15, -0.1) is 0 Å². The summed E-state index contributed by atoms with van der Waals surface area (Å²) in [6.07, 6.45) is 0.703. The molecule has 3 rings (SSSR count). The van der Waals surface area contributed by atoms with E-state index in [1.54, 1.807) is 14.0 Å². The van der Waals surface area contributed by atoms with Crippen LogP contribution in [0.5, 0.6) is 5.88 Å². The molecule has 0 aliphatic carbocycles. The maximum Gasteiger partial charge on any atom is 0.222 e. The lowest BCUT2D eigenvalue weighted by atomic mass is 10.0. The van der Waals surface area contributed by atoms with Gasteiger partial charge in [-0.05, 0) is 37.0 Å². The van der Waals surface area contributed by atoms with E-state index in [0.29, 0.717) is 47.7 Å². The van der Waals surface area contributed by atoms with Gasteiger partial charge in [-0.1, -0.05) is 65.0 Å². The molecule has 0 spiro atoms. The molecule has 170 valence electrons. The number of aromatic nitrogens is 3. The minimum absolute atomic E-state index is 0.300. The fourth-order valence-electron chi connectivity index (χ4n) is 3.21. The summed E-state index contributed by atoms with van der Waals surface area (Å²) in [7, 11) is 1.62. The maximum absolute atomic E-state index is 8.25. The molecule has 2 N–H and O–H groups in total. The molecule has 0 amide bonds. The summed E-state index contributed by atoms with van der Waals surface area (Å²) in [5.74, 6) is 1.45. The lowest BCUT2D eigenvalue weighted by Gasteiger charge is -2.17. The normalized spacial score (nSPS) is 10.4. The van der Waals surface area contributed by atoms with Crippen LogP contribution in [0.15, 0.2) is 42.5 Å². The van der Waals surface area contributed by atoms with Crippen LogP contribution >= 0.6 is 0 Å². The van der Waals surface area contributed by atoms with Crippen LogP contribution in [0.3, 0.4) is 0 Å². The number of hydrogen-bond donors (Lipinski definition) is 2. The summed E-state index contributed by atoms with van der Waals surface area (Å²) in [5.41, 5.74) is 5.34. The smallest absolute Gasteiger partial charge is 0.222 e. The van der Waals surface area contributed by atoms with Gasteiger partial charge in [0.1, 0.15) is 5.69 Å². The Hall–Kier alpha value is -3.28. The molecule has 0 saturated carbocycles. The van der Waals surface area contributed by atoms with Crippen molar-refractivity contribution < 1.29 is 4.74 Å².